The van der Waals surface area contributed by atoms with E-state index in [0.717, 1.165) is 28.2 Å². The fourth-order valence-electron chi connectivity index (χ4n) is 4.57. The number of ether oxygens (including phenoxy) is 3. The molecular formula is C26H25F2NO4. The molecule has 7 heteroatoms. The van der Waals surface area contributed by atoms with Crippen molar-refractivity contribution in [2.45, 2.75) is 37.1 Å². The van der Waals surface area contributed by atoms with Gasteiger partial charge in [0.2, 0.25) is 6.79 Å². The summed E-state index contributed by atoms with van der Waals surface area (Å²) in [7, 11) is 0. The second kappa shape index (κ2) is 9.47. The number of hydrogen-bond acceptors (Lipinski definition) is 5. The lowest BCUT2D eigenvalue weighted by atomic mass is 9.82. The molecule has 1 saturated heterocycles. The van der Waals surface area contributed by atoms with E-state index in [1.165, 1.54) is 24.3 Å². The second-order valence-corrected chi connectivity index (χ2v) is 8.39. The summed E-state index contributed by atoms with van der Waals surface area (Å²) in [5.74, 6) is 0.530. The number of rotatable bonds is 6. The van der Waals surface area contributed by atoms with Crippen LogP contribution in [0.2, 0.25) is 0 Å². The first-order chi connectivity index (χ1) is 16.1. The third kappa shape index (κ3) is 4.71. The van der Waals surface area contributed by atoms with Crippen molar-refractivity contribution in [1.29, 1.82) is 0 Å². The smallest absolute Gasteiger partial charge is 0.231 e. The molecule has 172 valence electrons. The Morgan fingerprint density at radius 2 is 1.58 bits per heavy atom. The predicted molar refractivity (Wildman–Crippen MR) is 118 cm³/mol. The Morgan fingerprint density at radius 1 is 0.909 bits per heavy atom. The van der Waals surface area contributed by atoms with Crippen molar-refractivity contribution in [3.05, 3.63) is 95.1 Å². The average molecular weight is 453 g/mol. The van der Waals surface area contributed by atoms with Gasteiger partial charge in [-0.15, -0.1) is 0 Å². The first kappa shape index (κ1) is 21.8. The van der Waals surface area contributed by atoms with Crippen molar-refractivity contribution >= 4 is 0 Å². The molecule has 0 amide bonds. The molecule has 3 aromatic rings. The zero-order chi connectivity index (χ0) is 22.8. The van der Waals surface area contributed by atoms with E-state index in [4.69, 9.17) is 14.2 Å². The summed E-state index contributed by atoms with van der Waals surface area (Å²) in [6.07, 6.45) is -0.614. The van der Waals surface area contributed by atoms with Crippen molar-refractivity contribution in [2.24, 2.45) is 0 Å². The lowest BCUT2D eigenvalue weighted by Crippen LogP contribution is -2.50. The summed E-state index contributed by atoms with van der Waals surface area (Å²) < 4.78 is 44.2. The highest BCUT2D eigenvalue weighted by Gasteiger charge is 2.36. The molecule has 3 unspecified atom stereocenters. The molecule has 2 aliphatic rings. The Bertz CT molecular complexity index is 1040. The molecule has 0 aliphatic carbocycles. The van der Waals surface area contributed by atoms with Crippen LogP contribution < -0.4 is 14.8 Å². The van der Waals surface area contributed by atoms with Crippen molar-refractivity contribution in [2.75, 3.05) is 13.4 Å². The summed E-state index contributed by atoms with van der Waals surface area (Å²) >= 11 is 0. The third-order valence-corrected chi connectivity index (χ3v) is 6.29. The number of benzene rings is 3. The summed E-state index contributed by atoms with van der Waals surface area (Å²) in [4.78, 5) is 0. The molecule has 0 saturated carbocycles. The minimum Gasteiger partial charge on any atom is -0.454 e. The number of aliphatic hydroxyl groups is 1. The number of para-hydroxylation sites is 1. The standard InChI is InChI=1S/C26H25F2NO4/c27-19-8-4-16(5-9-19)25(17-6-10-20(28)11-7-17)24-12-22(30)21(14-31-24)29-13-18-2-1-3-23-26(18)33-15-32-23/h1-11,21-22,24-25,29-30H,12-15H2. The molecule has 33 heavy (non-hydrogen) atoms. The summed E-state index contributed by atoms with van der Waals surface area (Å²) in [6.45, 7) is 1.01. The maximum Gasteiger partial charge on any atom is 0.231 e. The lowest BCUT2D eigenvalue weighted by Gasteiger charge is -2.38. The Kier molecular flexibility index (Phi) is 6.26. The van der Waals surface area contributed by atoms with Gasteiger partial charge in [-0.25, -0.2) is 8.78 Å². The summed E-state index contributed by atoms with van der Waals surface area (Å²) in [5.41, 5.74) is 2.65. The van der Waals surface area contributed by atoms with Crippen LogP contribution in [-0.2, 0) is 11.3 Å². The van der Waals surface area contributed by atoms with Crippen LogP contribution >= 0.6 is 0 Å². The van der Waals surface area contributed by atoms with E-state index in [0.29, 0.717) is 19.6 Å². The fourth-order valence-corrected chi connectivity index (χ4v) is 4.57. The molecule has 3 aromatic carbocycles. The van der Waals surface area contributed by atoms with Crippen LogP contribution in [0, 0.1) is 11.6 Å². The summed E-state index contributed by atoms with van der Waals surface area (Å²) in [5, 5.41) is 14.3. The highest BCUT2D eigenvalue weighted by atomic mass is 19.1. The Balaban J connectivity index is 1.30. The van der Waals surface area contributed by atoms with E-state index in [2.05, 4.69) is 5.32 Å². The Hall–Kier alpha value is -3.00. The first-order valence-electron chi connectivity index (χ1n) is 11.0. The highest BCUT2D eigenvalue weighted by Crippen LogP contribution is 2.37. The molecule has 0 aromatic heterocycles. The molecular weight excluding hydrogens is 428 g/mol. The quantitative estimate of drug-likeness (QED) is 0.588. The van der Waals surface area contributed by atoms with Gasteiger partial charge >= 0.3 is 0 Å². The minimum atomic E-state index is -0.652. The molecule has 2 aliphatic heterocycles. The van der Waals surface area contributed by atoms with Crippen LogP contribution in [0.4, 0.5) is 8.78 Å². The van der Waals surface area contributed by atoms with Gasteiger partial charge in [0.25, 0.3) is 0 Å². The second-order valence-electron chi connectivity index (χ2n) is 8.39. The van der Waals surface area contributed by atoms with E-state index in [9.17, 15) is 13.9 Å². The maximum absolute atomic E-state index is 13.5. The fraction of sp³-hybridized carbons (Fsp3) is 0.308. The molecule has 5 rings (SSSR count). The van der Waals surface area contributed by atoms with Gasteiger partial charge in [-0.1, -0.05) is 36.4 Å². The first-order valence-corrected chi connectivity index (χ1v) is 11.0. The van der Waals surface area contributed by atoms with Gasteiger partial charge in [-0.3, -0.25) is 0 Å². The monoisotopic (exact) mass is 453 g/mol. The zero-order valence-corrected chi connectivity index (χ0v) is 17.9. The van der Waals surface area contributed by atoms with E-state index >= 15 is 0 Å². The normalized spacial score (nSPS) is 22.0. The van der Waals surface area contributed by atoms with Gasteiger partial charge in [-0.2, -0.15) is 0 Å². The molecule has 1 fully saturated rings. The zero-order valence-electron chi connectivity index (χ0n) is 17.9. The molecule has 2 N–H and O–H groups in total. The average Bonchev–Trinajstić information content (AvgIpc) is 3.31. The number of aliphatic hydroxyl groups excluding tert-OH is 1. The SMILES string of the molecule is OC1CC(C(c2ccc(F)cc2)c2ccc(F)cc2)OCC1NCc1cccc2c1OCO2. The lowest BCUT2D eigenvalue weighted by molar-refractivity contribution is -0.0718. The molecule has 0 bridgehead atoms. The molecule has 0 spiro atoms. The van der Waals surface area contributed by atoms with Crippen LogP contribution in [0.5, 0.6) is 11.5 Å². The van der Waals surface area contributed by atoms with Crippen LogP contribution in [0.1, 0.15) is 29.0 Å². The van der Waals surface area contributed by atoms with E-state index < -0.39 is 6.10 Å². The van der Waals surface area contributed by atoms with Gasteiger partial charge in [-0.05, 0) is 41.5 Å². The minimum absolute atomic E-state index is 0.206. The maximum atomic E-state index is 13.5. The number of halogens is 2. The van der Waals surface area contributed by atoms with Crippen molar-refractivity contribution in [3.8, 4) is 11.5 Å². The van der Waals surface area contributed by atoms with Crippen molar-refractivity contribution in [3.63, 3.8) is 0 Å². The highest BCUT2D eigenvalue weighted by molar-refractivity contribution is 5.48. The number of hydrogen-bond donors (Lipinski definition) is 2. The Labute approximate surface area is 190 Å². The van der Waals surface area contributed by atoms with E-state index in [-0.39, 0.29) is 36.5 Å². The topological polar surface area (TPSA) is 60.0 Å². The largest absolute Gasteiger partial charge is 0.454 e. The van der Waals surface area contributed by atoms with Gasteiger partial charge in [0.15, 0.2) is 11.5 Å². The predicted octanol–water partition coefficient (Wildman–Crippen LogP) is 4.13. The van der Waals surface area contributed by atoms with E-state index in [1.807, 2.05) is 18.2 Å². The molecule has 2 heterocycles. The van der Waals surface area contributed by atoms with Gasteiger partial charge in [0, 0.05) is 24.4 Å². The van der Waals surface area contributed by atoms with Gasteiger partial charge in [0.1, 0.15) is 11.6 Å². The third-order valence-electron chi connectivity index (χ3n) is 6.29. The molecule has 3 atom stereocenters. The van der Waals surface area contributed by atoms with Crippen LogP contribution in [0.3, 0.4) is 0 Å². The van der Waals surface area contributed by atoms with Crippen molar-refractivity contribution < 1.29 is 28.1 Å². The molecule has 5 nitrogen and oxygen atoms in total. The van der Waals surface area contributed by atoms with Crippen LogP contribution in [-0.4, -0.2) is 36.8 Å². The van der Waals surface area contributed by atoms with Crippen LogP contribution in [0.25, 0.3) is 0 Å². The van der Waals surface area contributed by atoms with E-state index in [1.54, 1.807) is 24.3 Å². The summed E-state index contributed by atoms with van der Waals surface area (Å²) in [6, 6.07) is 17.9. The van der Waals surface area contributed by atoms with Gasteiger partial charge < -0.3 is 24.6 Å². The van der Waals surface area contributed by atoms with Crippen LogP contribution in [0.15, 0.2) is 66.7 Å². The Morgan fingerprint density at radius 3 is 2.21 bits per heavy atom. The number of fused-ring (bicyclic) bond motifs is 1. The van der Waals surface area contributed by atoms with Gasteiger partial charge in [0.05, 0.1) is 24.9 Å². The van der Waals surface area contributed by atoms with Crippen molar-refractivity contribution in [1.82, 2.24) is 5.32 Å². The molecule has 0 radical (unpaired) electrons. The number of nitrogens with one attached hydrogen (secondary N) is 1.